The van der Waals surface area contributed by atoms with Gasteiger partial charge in [0.05, 0.1) is 11.8 Å². The van der Waals surface area contributed by atoms with E-state index in [1.165, 1.54) is 12.3 Å². The van der Waals surface area contributed by atoms with Crippen LogP contribution < -0.4 is 0 Å². The van der Waals surface area contributed by atoms with Crippen molar-refractivity contribution in [3.05, 3.63) is 40.3 Å². The van der Waals surface area contributed by atoms with Crippen LogP contribution in [0.1, 0.15) is 11.5 Å². The standard InChI is InChI=1S/C12H8BrClF3NO/c13-9-2-1-7(12(15,16)17)5-8(9)10-6-18-11(19-10)3-4-14/h1-2,5-6H,3-4H2. The highest BCUT2D eigenvalue weighted by Crippen LogP contribution is 2.36. The zero-order valence-electron chi connectivity index (χ0n) is 9.47. The van der Waals surface area contributed by atoms with Gasteiger partial charge in [-0.2, -0.15) is 13.2 Å². The molecule has 0 unspecified atom stereocenters. The van der Waals surface area contributed by atoms with E-state index in [1.807, 2.05) is 0 Å². The molecule has 0 bridgehead atoms. The maximum atomic E-state index is 12.7. The SMILES string of the molecule is FC(F)(F)c1ccc(Br)c(-c2cnc(CCCl)o2)c1. The lowest BCUT2D eigenvalue weighted by atomic mass is 10.1. The van der Waals surface area contributed by atoms with Gasteiger partial charge in [-0.25, -0.2) is 4.98 Å². The Morgan fingerprint density at radius 3 is 2.68 bits per heavy atom. The fourth-order valence-electron chi connectivity index (χ4n) is 1.52. The lowest BCUT2D eigenvalue weighted by Crippen LogP contribution is -2.04. The van der Waals surface area contributed by atoms with Crippen LogP contribution in [0.2, 0.25) is 0 Å². The van der Waals surface area contributed by atoms with Crippen LogP contribution in [0.5, 0.6) is 0 Å². The summed E-state index contributed by atoms with van der Waals surface area (Å²) in [5.74, 6) is 1.01. The van der Waals surface area contributed by atoms with Crippen molar-refractivity contribution in [2.75, 3.05) is 5.88 Å². The van der Waals surface area contributed by atoms with Crippen molar-refractivity contribution in [3.63, 3.8) is 0 Å². The maximum absolute atomic E-state index is 12.7. The number of halogens is 5. The van der Waals surface area contributed by atoms with Crippen molar-refractivity contribution in [2.45, 2.75) is 12.6 Å². The van der Waals surface area contributed by atoms with E-state index in [0.717, 1.165) is 12.1 Å². The first-order valence-electron chi connectivity index (χ1n) is 5.29. The highest BCUT2D eigenvalue weighted by Gasteiger charge is 2.31. The summed E-state index contributed by atoms with van der Waals surface area (Å²) in [5, 5.41) is 0. The van der Waals surface area contributed by atoms with E-state index in [0.29, 0.717) is 28.2 Å². The highest BCUT2D eigenvalue weighted by molar-refractivity contribution is 9.10. The van der Waals surface area contributed by atoms with Gasteiger partial charge in [-0.15, -0.1) is 11.6 Å². The molecule has 0 fully saturated rings. The smallest absolute Gasteiger partial charge is 0.416 e. The fraction of sp³-hybridized carbons (Fsp3) is 0.250. The first kappa shape index (κ1) is 14.4. The van der Waals surface area contributed by atoms with E-state index in [4.69, 9.17) is 16.0 Å². The summed E-state index contributed by atoms with van der Waals surface area (Å²) < 4.78 is 43.9. The topological polar surface area (TPSA) is 26.0 Å². The van der Waals surface area contributed by atoms with Crippen molar-refractivity contribution in [2.24, 2.45) is 0 Å². The largest absolute Gasteiger partial charge is 0.441 e. The molecule has 0 aliphatic carbocycles. The maximum Gasteiger partial charge on any atom is 0.416 e. The molecule has 1 aromatic carbocycles. The molecule has 2 rings (SSSR count). The van der Waals surface area contributed by atoms with Crippen molar-refractivity contribution in [1.82, 2.24) is 4.98 Å². The third-order valence-corrected chi connectivity index (χ3v) is 3.30. The first-order valence-corrected chi connectivity index (χ1v) is 6.62. The summed E-state index contributed by atoms with van der Waals surface area (Å²) in [6.07, 6.45) is -2.57. The molecule has 0 aliphatic rings. The third-order valence-electron chi connectivity index (χ3n) is 2.42. The molecule has 2 nitrogen and oxygen atoms in total. The Bertz CT molecular complexity index is 583. The van der Waals surface area contributed by atoms with E-state index in [1.54, 1.807) is 0 Å². The Balaban J connectivity index is 2.42. The number of rotatable bonds is 3. The number of alkyl halides is 4. The monoisotopic (exact) mass is 353 g/mol. The second kappa shape index (κ2) is 5.54. The normalized spacial score (nSPS) is 11.8. The summed E-state index contributed by atoms with van der Waals surface area (Å²) in [6, 6.07) is 3.36. The molecular formula is C12H8BrClF3NO. The van der Waals surface area contributed by atoms with Gasteiger partial charge < -0.3 is 4.42 Å². The van der Waals surface area contributed by atoms with Crippen LogP contribution in [-0.2, 0) is 12.6 Å². The average molecular weight is 355 g/mol. The third kappa shape index (κ3) is 3.30. The van der Waals surface area contributed by atoms with Gasteiger partial charge >= 0.3 is 6.18 Å². The minimum absolute atomic E-state index is 0.276. The number of hydrogen-bond acceptors (Lipinski definition) is 2. The Labute approximate surface area is 120 Å². The lowest BCUT2D eigenvalue weighted by molar-refractivity contribution is -0.137. The minimum Gasteiger partial charge on any atom is -0.441 e. The second-order valence-electron chi connectivity index (χ2n) is 3.75. The average Bonchev–Trinajstić information content (AvgIpc) is 2.77. The summed E-state index contributed by atoms with van der Waals surface area (Å²) in [7, 11) is 0. The van der Waals surface area contributed by atoms with E-state index < -0.39 is 11.7 Å². The van der Waals surface area contributed by atoms with Crippen molar-refractivity contribution in [1.29, 1.82) is 0 Å². The van der Waals surface area contributed by atoms with Gasteiger partial charge in [-0.1, -0.05) is 15.9 Å². The molecule has 0 saturated carbocycles. The highest BCUT2D eigenvalue weighted by atomic mass is 79.9. The Hall–Kier alpha value is -1.01. The van der Waals surface area contributed by atoms with Crippen LogP contribution >= 0.6 is 27.5 Å². The molecule has 2 aromatic rings. The summed E-state index contributed by atoms with van der Waals surface area (Å²) in [6.45, 7) is 0. The number of nitrogens with zero attached hydrogens (tertiary/aromatic N) is 1. The van der Waals surface area contributed by atoms with Crippen LogP contribution in [0, 0.1) is 0 Å². The minimum atomic E-state index is -4.39. The fourth-order valence-corrected chi connectivity index (χ4v) is 2.13. The van der Waals surface area contributed by atoms with Gasteiger partial charge in [-0.05, 0) is 18.2 Å². The molecule has 0 atom stereocenters. The molecule has 0 saturated heterocycles. The predicted octanol–water partition coefficient (Wildman–Crippen LogP) is 4.90. The Morgan fingerprint density at radius 2 is 2.05 bits per heavy atom. The van der Waals surface area contributed by atoms with Crippen LogP contribution in [0.25, 0.3) is 11.3 Å². The molecule has 0 N–H and O–H groups in total. The predicted molar refractivity (Wildman–Crippen MR) is 69.1 cm³/mol. The van der Waals surface area contributed by atoms with Gasteiger partial charge in [0.1, 0.15) is 0 Å². The molecule has 0 radical (unpaired) electrons. The number of oxazole rings is 1. The molecule has 0 amide bonds. The van der Waals surface area contributed by atoms with Crippen LogP contribution in [-0.4, -0.2) is 10.9 Å². The number of benzene rings is 1. The second-order valence-corrected chi connectivity index (χ2v) is 4.98. The Kier molecular flexibility index (Phi) is 4.20. The molecule has 19 heavy (non-hydrogen) atoms. The van der Waals surface area contributed by atoms with Gasteiger partial charge in [0.25, 0.3) is 0 Å². The van der Waals surface area contributed by atoms with Crippen molar-refractivity contribution >= 4 is 27.5 Å². The molecular weight excluding hydrogens is 346 g/mol. The quantitative estimate of drug-likeness (QED) is 0.732. The zero-order valence-corrected chi connectivity index (χ0v) is 11.8. The summed E-state index contributed by atoms with van der Waals surface area (Å²) in [4.78, 5) is 3.96. The van der Waals surface area contributed by atoms with E-state index in [-0.39, 0.29) is 5.76 Å². The molecule has 7 heteroatoms. The van der Waals surface area contributed by atoms with Gasteiger partial charge in [-0.3, -0.25) is 0 Å². The number of hydrogen-bond donors (Lipinski definition) is 0. The molecule has 0 spiro atoms. The summed E-state index contributed by atoms with van der Waals surface area (Å²) in [5.41, 5.74) is -0.427. The van der Waals surface area contributed by atoms with E-state index in [2.05, 4.69) is 20.9 Å². The zero-order chi connectivity index (χ0) is 14.0. The van der Waals surface area contributed by atoms with E-state index in [9.17, 15) is 13.2 Å². The van der Waals surface area contributed by atoms with Crippen molar-refractivity contribution in [3.8, 4) is 11.3 Å². The van der Waals surface area contributed by atoms with Crippen LogP contribution in [0.4, 0.5) is 13.2 Å². The van der Waals surface area contributed by atoms with Gasteiger partial charge in [0.2, 0.25) is 0 Å². The number of aryl methyl sites for hydroxylation is 1. The number of aromatic nitrogens is 1. The molecule has 0 aliphatic heterocycles. The molecule has 1 aromatic heterocycles. The lowest BCUT2D eigenvalue weighted by Gasteiger charge is -2.08. The molecule has 1 heterocycles. The van der Waals surface area contributed by atoms with Crippen LogP contribution in [0.3, 0.4) is 0 Å². The van der Waals surface area contributed by atoms with Crippen molar-refractivity contribution < 1.29 is 17.6 Å². The van der Waals surface area contributed by atoms with Gasteiger partial charge in [0, 0.05) is 22.3 Å². The van der Waals surface area contributed by atoms with E-state index >= 15 is 0 Å². The van der Waals surface area contributed by atoms with Crippen LogP contribution in [0.15, 0.2) is 33.3 Å². The Morgan fingerprint density at radius 1 is 1.32 bits per heavy atom. The first-order chi connectivity index (χ1) is 8.91. The van der Waals surface area contributed by atoms with Gasteiger partial charge in [0.15, 0.2) is 11.7 Å². The summed E-state index contributed by atoms with van der Waals surface area (Å²) >= 11 is 8.75. The molecule has 102 valence electrons.